The number of hydrogen-bond donors (Lipinski definition) is 1. The highest BCUT2D eigenvalue weighted by molar-refractivity contribution is 5.78. The molecule has 1 amide bonds. The molecule has 2 aliphatic rings. The van der Waals surface area contributed by atoms with Gasteiger partial charge < -0.3 is 15.0 Å². The Bertz CT molecular complexity index is 607. The summed E-state index contributed by atoms with van der Waals surface area (Å²) in [5.41, 5.74) is -0.335. The van der Waals surface area contributed by atoms with Gasteiger partial charge in [0.2, 0.25) is 5.91 Å². The number of piperidine rings is 1. The van der Waals surface area contributed by atoms with Crippen molar-refractivity contribution in [3.8, 4) is 0 Å². The van der Waals surface area contributed by atoms with Gasteiger partial charge in [0, 0.05) is 32.3 Å². The largest absolute Gasteiger partial charge is 0.416 e. The average molecular weight is 370 g/mol. The van der Waals surface area contributed by atoms with Crippen molar-refractivity contribution in [3.63, 3.8) is 0 Å². The first-order valence-corrected chi connectivity index (χ1v) is 9.19. The van der Waals surface area contributed by atoms with Crippen LogP contribution in [0.5, 0.6) is 0 Å². The third-order valence-corrected chi connectivity index (χ3v) is 5.06. The highest BCUT2D eigenvalue weighted by atomic mass is 19.4. The number of nitrogens with zero attached hydrogens (tertiary/aromatic N) is 1. The maximum atomic E-state index is 12.7. The summed E-state index contributed by atoms with van der Waals surface area (Å²) in [5, 5.41) is 2.96. The van der Waals surface area contributed by atoms with Gasteiger partial charge in [0.1, 0.15) is 0 Å². The fourth-order valence-corrected chi connectivity index (χ4v) is 3.66. The van der Waals surface area contributed by atoms with Crippen LogP contribution < -0.4 is 5.32 Å². The number of nitrogens with one attached hydrogen (secondary N) is 1. The molecule has 1 atom stereocenters. The molecule has 144 valence electrons. The van der Waals surface area contributed by atoms with Gasteiger partial charge >= 0.3 is 6.18 Å². The minimum atomic E-state index is -4.39. The normalized spacial score (nSPS) is 22.5. The molecule has 2 aliphatic heterocycles. The molecular weight excluding hydrogens is 345 g/mol. The number of rotatable bonds is 5. The fourth-order valence-electron chi connectivity index (χ4n) is 3.66. The van der Waals surface area contributed by atoms with Crippen LogP contribution in [0.3, 0.4) is 0 Å². The maximum absolute atomic E-state index is 12.7. The predicted octanol–water partition coefficient (Wildman–Crippen LogP) is 3.01. The van der Waals surface area contributed by atoms with Gasteiger partial charge in [-0.05, 0) is 37.3 Å². The lowest BCUT2D eigenvalue weighted by Crippen LogP contribution is -2.46. The van der Waals surface area contributed by atoms with Gasteiger partial charge in [0.05, 0.1) is 18.1 Å². The third-order valence-electron chi connectivity index (χ3n) is 5.06. The lowest BCUT2D eigenvalue weighted by atomic mass is 10.0. The van der Waals surface area contributed by atoms with E-state index in [1.165, 1.54) is 6.07 Å². The molecule has 26 heavy (non-hydrogen) atoms. The third kappa shape index (κ3) is 5.45. The highest BCUT2D eigenvalue weighted by Gasteiger charge is 2.30. The van der Waals surface area contributed by atoms with Crippen LogP contribution in [-0.4, -0.2) is 49.2 Å². The number of ether oxygens (including phenoxy) is 1. The summed E-state index contributed by atoms with van der Waals surface area (Å²) in [6.07, 6.45) is -0.104. The number of likely N-dealkylation sites (tertiary alicyclic amines) is 1. The minimum absolute atomic E-state index is 0.0277. The van der Waals surface area contributed by atoms with E-state index in [0.29, 0.717) is 11.7 Å². The first-order valence-electron chi connectivity index (χ1n) is 9.19. The van der Waals surface area contributed by atoms with Crippen molar-refractivity contribution in [3.05, 3.63) is 35.4 Å². The van der Waals surface area contributed by atoms with Crippen molar-refractivity contribution in [2.24, 2.45) is 0 Å². The van der Waals surface area contributed by atoms with E-state index >= 15 is 0 Å². The van der Waals surface area contributed by atoms with E-state index in [-0.39, 0.29) is 18.4 Å². The van der Waals surface area contributed by atoms with Crippen LogP contribution in [0.2, 0.25) is 0 Å². The standard InChI is InChI=1S/C19H25F3N2O2/c20-19(21,22)15-4-1-3-14(11-15)12-18(25)23-16-6-8-24(9-7-16)13-17-5-2-10-26-17/h1,3-4,11,16-17H,2,5-10,12-13H2,(H,23,25)/t17-/m0/s1. The molecule has 0 aromatic heterocycles. The Balaban J connectivity index is 1.43. The van der Waals surface area contributed by atoms with E-state index in [1.54, 1.807) is 6.07 Å². The molecule has 2 heterocycles. The topological polar surface area (TPSA) is 41.6 Å². The van der Waals surface area contributed by atoms with Gasteiger partial charge in [-0.1, -0.05) is 18.2 Å². The Labute approximate surface area is 151 Å². The first kappa shape index (κ1) is 19.2. The average Bonchev–Trinajstić information content (AvgIpc) is 3.09. The number of hydrogen-bond acceptors (Lipinski definition) is 3. The highest BCUT2D eigenvalue weighted by Crippen LogP contribution is 2.29. The van der Waals surface area contributed by atoms with Gasteiger partial charge in [-0.3, -0.25) is 4.79 Å². The molecule has 0 radical (unpaired) electrons. The summed E-state index contributed by atoms with van der Waals surface area (Å²) >= 11 is 0. The van der Waals surface area contributed by atoms with Crippen LogP contribution in [0.1, 0.15) is 36.8 Å². The molecule has 7 heteroatoms. The van der Waals surface area contributed by atoms with Crippen LogP contribution >= 0.6 is 0 Å². The Kier molecular flexibility index (Phi) is 6.19. The van der Waals surface area contributed by atoms with Gasteiger partial charge in [0.25, 0.3) is 0 Å². The number of carbonyl (C=O) groups excluding carboxylic acids is 1. The van der Waals surface area contributed by atoms with Crippen molar-refractivity contribution in [2.45, 2.75) is 50.4 Å². The molecule has 4 nitrogen and oxygen atoms in total. The summed E-state index contributed by atoms with van der Waals surface area (Å²) in [6, 6.07) is 5.05. The summed E-state index contributed by atoms with van der Waals surface area (Å²) in [6.45, 7) is 3.63. The molecule has 0 unspecified atom stereocenters. The minimum Gasteiger partial charge on any atom is -0.377 e. The lowest BCUT2D eigenvalue weighted by molar-refractivity contribution is -0.137. The predicted molar refractivity (Wildman–Crippen MR) is 91.7 cm³/mol. The van der Waals surface area contributed by atoms with E-state index in [0.717, 1.165) is 64.1 Å². The Morgan fingerprint density at radius 2 is 2.00 bits per heavy atom. The molecule has 2 saturated heterocycles. The molecule has 0 spiro atoms. The molecular formula is C19H25F3N2O2. The SMILES string of the molecule is O=C(Cc1cccc(C(F)(F)F)c1)NC1CCN(C[C@@H]2CCCO2)CC1. The number of benzene rings is 1. The zero-order valence-corrected chi connectivity index (χ0v) is 14.7. The van der Waals surface area contributed by atoms with Crippen LogP contribution in [0.25, 0.3) is 0 Å². The zero-order chi connectivity index (χ0) is 18.6. The smallest absolute Gasteiger partial charge is 0.377 e. The second kappa shape index (κ2) is 8.39. The van der Waals surface area contributed by atoms with E-state index in [1.807, 2.05) is 0 Å². The number of halogens is 3. The molecule has 0 saturated carbocycles. The van der Waals surface area contributed by atoms with Crippen molar-refractivity contribution < 1.29 is 22.7 Å². The molecule has 2 fully saturated rings. The number of alkyl halides is 3. The fraction of sp³-hybridized carbons (Fsp3) is 0.632. The van der Waals surface area contributed by atoms with Gasteiger partial charge in [-0.15, -0.1) is 0 Å². The van der Waals surface area contributed by atoms with Crippen LogP contribution in [0.4, 0.5) is 13.2 Å². The van der Waals surface area contributed by atoms with Gasteiger partial charge in [-0.2, -0.15) is 13.2 Å². The molecule has 0 bridgehead atoms. The van der Waals surface area contributed by atoms with Crippen LogP contribution in [-0.2, 0) is 22.1 Å². The maximum Gasteiger partial charge on any atom is 0.416 e. The summed E-state index contributed by atoms with van der Waals surface area (Å²) in [7, 11) is 0. The van der Waals surface area contributed by atoms with Crippen molar-refractivity contribution in [1.82, 2.24) is 10.2 Å². The molecule has 1 aromatic carbocycles. The zero-order valence-electron chi connectivity index (χ0n) is 14.7. The van der Waals surface area contributed by atoms with Crippen molar-refractivity contribution in [2.75, 3.05) is 26.2 Å². The van der Waals surface area contributed by atoms with Crippen molar-refractivity contribution >= 4 is 5.91 Å². The Morgan fingerprint density at radius 1 is 1.23 bits per heavy atom. The van der Waals surface area contributed by atoms with Crippen molar-refractivity contribution in [1.29, 1.82) is 0 Å². The Morgan fingerprint density at radius 3 is 2.65 bits per heavy atom. The molecule has 0 aliphatic carbocycles. The summed E-state index contributed by atoms with van der Waals surface area (Å²) in [5.74, 6) is -0.220. The van der Waals surface area contributed by atoms with E-state index in [9.17, 15) is 18.0 Å². The number of amides is 1. The number of carbonyl (C=O) groups is 1. The van der Waals surface area contributed by atoms with Crippen LogP contribution in [0.15, 0.2) is 24.3 Å². The van der Waals surface area contributed by atoms with Gasteiger partial charge in [-0.25, -0.2) is 0 Å². The summed E-state index contributed by atoms with van der Waals surface area (Å²) in [4.78, 5) is 14.5. The monoisotopic (exact) mass is 370 g/mol. The quantitative estimate of drug-likeness (QED) is 0.866. The molecule has 3 rings (SSSR count). The second-order valence-corrected chi connectivity index (χ2v) is 7.15. The Hall–Kier alpha value is -1.60. The van der Waals surface area contributed by atoms with E-state index in [4.69, 9.17) is 4.74 Å². The first-order chi connectivity index (χ1) is 12.4. The van der Waals surface area contributed by atoms with Gasteiger partial charge in [0.15, 0.2) is 0 Å². The second-order valence-electron chi connectivity index (χ2n) is 7.15. The molecule has 1 aromatic rings. The van der Waals surface area contributed by atoms with E-state index in [2.05, 4.69) is 10.2 Å². The molecule has 1 N–H and O–H groups in total. The lowest BCUT2D eigenvalue weighted by Gasteiger charge is -2.33. The van der Waals surface area contributed by atoms with E-state index < -0.39 is 11.7 Å². The summed E-state index contributed by atoms with van der Waals surface area (Å²) < 4.78 is 43.9. The van der Waals surface area contributed by atoms with Crippen LogP contribution in [0, 0.1) is 0 Å².